The Morgan fingerprint density at radius 2 is 2.08 bits per heavy atom. The van der Waals surface area contributed by atoms with Gasteiger partial charge in [-0.15, -0.1) is 0 Å². The van der Waals surface area contributed by atoms with E-state index in [9.17, 15) is 10.1 Å². The van der Waals surface area contributed by atoms with E-state index >= 15 is 0 Å². The lowest BCUT2D eigenvalue weighted by Gasteiger charge is -2.33. The molecule has 3 rings (SSSR count). The van der Waals surface area contributed by atoms with Crippen molar-refractivity contribution in [3.05, 3.63) is 11.3 Å². The summed E-state index contributed by atoms with van der Waals surface area (Å²) in [5.41, 5.74) is 2.12. The number of carbonyl (C=O) groups is 1. The minimum absolute atomic E-state index is 0.0338. The lowest BCUT2D eigenvalue weighted by molar-refractivity contribution is -0.138. The van der Waals surface area contributed by atoms with Gasteiger partial charge in [0, 0.05) is 52.3 Å². The molecule has 0 radical (unpaired) electrons. The smallest absolute Gasteiger partial charge is 0.317 e. The van der Waals surface area contributed by atoms with Gasteiger partial charge in [0.2, 0.25) is 5.95 Å². The third-order valence-electron chi connectivity index (χ3n) is 5.06. The molecule has 26 heavy (non-hydrogen) atoms. The van der Waals surface area contributed by atoms with E-state index in [-0.39, 0.29) is 12.5 Å². The van der Waals surface area contributed by atoms with Crippen molar-refractivity contribution in [3.8, 4) is 6.07 Å². The van der Waals surface area contributed by atoms with E-state index < -0.39 is 5.97 Å². The van der Waals surface area contributed by atoms with Crippen LogP contribution in [0, 0.1) is 17.2 Å². The first kappa shape index (κ1) is 18.4. The molecule has 8 heteroatoms. The molecular formula is C18H26N6O2. The summed E-state index contributed by atoms with van der Waals surface area (Å²) in [5.74, 6) is 0.830. The zero-order chi connectivity index (χ0) is 18.7. The predicted molar refractivity (Wildman–Crippen MR) is 98.4 cm³/mol. The molecule has 0 aromatic carbocycles. The lowest BCUT2D eigenvalue weighted by Crippen LogP contribution is -2.37. The maximum atomic E-state index is 11.1. The molecule has 1 aromatic heterocycles. The SMILES string of the molecule is CN(C)c1nc2c(c(N3CCC[C@@H](C#N)C3)n1)CCN(CC(=O)O)CC2. The number of anilines is 2. The number of piperidine rings is 1. The van der Waals surface area contributed by atoms with E-state index in [4.69, 9.17) is 15.1 Å². The van der Waals surface area contributed by atoms with Gasteiger partial charge in [-0.2, -0.15) is 10.2 Å². The Morgan fingerprint density at radius 1 is 1.31 bits per heavy atom. The summed E-state index contributed by atoms with van der Waals surface area (Å²) in [4.78, 5) is 26.7. The molecule has 140 valence electrons. The fraction of sp³-hybridized carbons (Fsp3) is 0.667. The molecule has 0 bridgehead atoms. The summed E-state index contributed by atoms with van der Waals surface area (Å²) in [6.07, 6.45) is 3.38. The number of hydrogen-bond donors (Lipinski definition) is 1. The minimum atomic E-state index is -0.802. The van der Waals surface area contributed by atoms with E-state index in [0.29, 0.717) is 32.0 Å². The van der Waals surface area contributed by atoms with Crippen LogP contribution >= 0.6 is 0 Å². The molecule has 0 saturated carbocycles. The number of fused-ring (bicyclic) bond motifs is 1. The van der Waals surface area contributed by atoms with Crippen molar-refractivity contribution in [3.63, 3.8) is 0 Å². The second kappa shape index (κ2) is 7.87. The van der Waals surface area contributed by atoms with Crippen LogP contribution in [0.3, 0.4) is 0 Å². The van der Waals surface area contributed by atoms with Gasteiger partial charge in [-0.1, -0.05) is 0 Å². The summed E-state index contributed by atoms with van der Waals surface area (Å²) in [5, 5.41) is 18.4. The quantitative estimate of drug-likeness (QED) is 0.843. The van der Waals surface area contributed by atoms with Gasteiger partial charge in [0.25, 0.3) is 0 Å². The first-order valence-electron chi connectivity index (χ1n) is 9.13. The fourth-order valence-corrected chi connectivity index (χ4v) is 3.70. The molecule has 0 aliphatic carbocycles. The second-order valence-electron chi connectivity index (χ2n) is 7.25. The van der Waals surface area contributed by atoms with Gasteiger partial charge < -0.3 is 14.9 Å². The zero-order valence-electron chi connectivity index (χ0n) is 15.5. The molecule has 0 spiro atoms. The van der Waals surface area contributed by atoms with E-state index in [1.807, 2.05) is 23.9 Å². The van der Waals surface area contributed by atoms with Crippen LogP contribution in [0.2, 0.25) is 0 Å². The summed E-state index contributed by atoms with van der Waals surface area (Å²) in [6.45, 7) is 3.02. The average molecular weight is 358 g/mol. The first-order chi connectivity index (χ1) is 12.5. The third-order valence-corrected chi connectivity index (χ3v) is 5.06. The Morgan fingerprint density at radius 3 is 2.77 bits per heavy atom. The Balaban J connectivity index is 1.93. The van der Waals surface area contributed by atoms with E-state index in [1.165, 1.54) is 0 Å². The Labute approximate surface area is 154 Å². The van der Waals surface area contributed by atoms with Crippen molar-refractivity contribution in [2.24, 2.45) is 5.92 Å². The summed E-state index contributed by atoms with van der Waals surface area (Å²) >= 11 is 0. The first-order valence-corrected chi connectivity index (χ1v) is 9.13. The van der Waals surface area contributed by atoms with Crippen molar-refractivity contribution in [2.75, 3.05) is 56.6 Å². The Kier molecular flexibility index (Phi) is 5.57. The maximum Gasteiger partial charge on any atom is 0.317 e. The normalized spacial score (nSPS) is 20.8. The van der Waals surface area contributed by atoms with E-state index in [2.05, 4.69) is 11.0 Å². The highest BCUT2D eigenvalue weighted by molar-refractivity contribution is 5.69. The third kappa shape index (κ3) is 4.05. The summed E-state index contributed by atoms with van der Waals surface area (Å²) < 4.78 is 0. The number of nitrogens with zero attached hydrogens (tertiary/aromatic N) is 6. The van der Waals surface area contributed by atoms with Crippen molar-refractivity contribution < 1.29 is 9.90 Å². The molecular weight excluding hydrogens is 332 g/mol. The van der Waals surface area contributed by atoms with Crippen LogP contribution in [0.25, 0.3) is 0 Å². The molecule has 3 heterocycles. The molecule has 1 fully saturated rings. The Hall–Kier alpha value is -2.40. The fourth-order valence-electron chi connectivity index (χ4n) is 3.70. The van der Waals surface area contributed by atoms with Crippen LogP contribution in [-0.4, -0.2) is 72.8 Å². The highest BCUT2D eigenvalue weighted by Crippen LogP contribution is 2.30. The molecule has 1 atom stereocenters. The van der Waals surface area contributed by atoms with E-state index in [0.717, 1.165) is 42.9 Å². The van der Waals surface area contributed by atoms with Crippen molar-refractivity contribution in [1.82, 2.24) is 14.9 Å². The largest absolute Gasteiger partial charge is 0.480 e. The average Bonchev–Trinajstić information content (AvgIpc) is 2.83. The zero-order valence-corrected chi connectivity index (χ0v) is 15.5. The van der Waals surface area contributed by atoms with Crippen LogP contribution in [0.4, 0.5) is 11.8 Å². The molecule has 2 aliphatic rings. The summed E-state index contributed by atoms with van der Waals surface area (Å²) in [6, 6.07) is 2.39. The van der Waals surface area contributed by atoms with Gasteiger partial charge >= 0.3 is 5.97 Å². The minimum Gasteiger partial charge on any atom is -0.480 e. The standard InChI is InChI=1S/C18H26N6O2/c1-22(2)18-20-15-6-9-23(12-16(25)26)8-5-14(15)17(21-18)24-7-3-4-13(10-19)11-24/h13H,3-9,11-12H2,1-2H3,(H,25,26)/t13-/m0/s1. The molecule has 2 aliphatic heterocycles. The van der Waals surface area contributed by atoms with Crippen molar-refractivity contribution in [2.45, 2.75) is 25.7 Å². The molecule has 1 aromatic rings. The second-order valence-corrected chi connectivity index (χ2v) is 7.25. The van der Waals surface area contributed by atoms with Crippen LogP contribution < -0.4 is 9.80 Å². The number of aromatic nitrogens is 2. The van der Waals surface area contributed by atoms with Gasteiger partial charge in [0.15, 0.2) is 0 Å². The number of aliphatic carboxylic acids is 1. The van der Waals surface area contributed by atoms with Gasteiger partial charge in [-0.05, 0) is 19.3 Å². The molecule has 8 nitrogen and oxygen atoms in total. The topological polar surface area (TPSA) is 96.6 Å². The monoisotopic (exact) mass is 358 g/mol. The molecule has 0 amide bonds. The highest BCUT2D eigenvalue weighted by Gasteiger charge is 2.27. The van der Waals surface area contributed by atoms with Crippen LogP contribution in [0.1, 0.15) is 24.1 Å². The maximum absolute atomic E-state index is 11.1. The van der Waals surface area contributed by atoms with Crippen LogP contribution in [0.5, 0.6) is 0 Å². The summed E-state index contributed by atoms with van der Waals surface area (Å²) in [7, 11) is 3.85. The highest BCUT2D eigenvalue weighted by atomic mass is 16.4. The number of carboxylic acid groups (broad SMARTS) is 1. The van der Waals surface area contributed by atoms with Crippen molar-refractivity contribution in [1.29, 1.82) is 5.26 Å². The predicted octanol–water partition coefficient (Wildman–Crippen LogP) is 0.768. The van der Waals surface area contributed by atoms with E-state index in [1.54, 1.807) is 0 Å². The number of rotatable bonds is 4. The molecule has 1 N–H and O–H groups in total. The number of hydrogen-bond acceptors (Lipinski definition) is 7. The van der Waals surface area contributed by atoms with Gasteiger partial charge in [-0.3, -0.25) is 9.69 Å². The van der Waals surface area contributed by atoms with Crippen molar-refractivity contribution >= 4 is 17.7 Å². The van der Waals surface area contributed by atoms with Crippen LogP contribution in [0.15, 0.2) is 0 Å². The molecule has 1 saturated heterocycles. The van der Waals surface area contributed by atoms with Crippen LogP contribution in [-0.2, 0) is 17.6 Å². The molecule has 0 unspecified atom stereocenters. The lowest BCUT2D eigenvalue weighted by atomic mass is 9.98. The van der Waals surface area contributed by atoms with Gasteiger partial charge in [0.05, 0.1) is 24.2 Å². The van der Waals surface area contributed by atoms with Gasteiger partial charge in [0.1, 0.15) is 5.82 Å². The number of carboxylic acids is 1. The van der Waals surface area contributed by atoms with Gasteiger partial charge in [-0.25, -0.2) is 4.98 Å². The number of nitriles is 1. The Bertz CT molecular complexity index is 714.